The summed E-state index contributed by atoms with van der Waals surface area (Å²) in [5.74, 6) is 1.77. The lowest BCUT2D eigenvalue weighted by atomic mass is 10.2. The van der Waals surface area contributed by atoms with Crippen molar-refractivity contribution in [3.63, 3.8) is 0 Å². The van der Waals surface area contributed by atoms with Gasteiger partial charge in [-0.1, -0.05) is 19.0 Å². The van der Waals surface area contributed by atoms with Gasteiger partial charge in [-0.25, -0.2) is 0 Å². The van der Waals surface area contributed by atoms with Crippen molar-refractivity contribution in [2.75, 3.05) is 18.0 Å². The Morgan fingerprint density at radius 2 is 1.88 bits per heavy atom. The van der Waals surface area contributed by atoms with Crippen molar-refractivity contribution in [3.8, 4) is 11.5 Å². The van der Waals surface area contributed by atoms with Gasteiger partial charge in [-0.2, -0.15) is 4.98 Å². The molecule has 0 bridgehead atoms. The Morgan fingerprint density at radius 3 is 2.53 bits per heavy atom. The van der Waals surface area contributed by atoms with Gasteiger partial charge in [-0.15, -0.1) is 10.2 Å². The fraction of sp³-hybridized carbons (Fsp3) is 0.348. The van der Waals surface area contributed by atoms with Crippen LogP contribution in [0.4, 0.5) is 5.69 Å². The highest BCUT2D eigenvalue weighted by atomic mass is 16.5. The van der Waals surface area contributed by atoms with E-state index in [0.29, 0.717) is 28.8 Å². The summed E-state index contributed by atoms with van der Waals surface area (Å²) < 4.78 is 7.18. The summed E-state index contributed by atoms with van der Waals surface area (Å²) >= 11 is 0. The third kappa shape index (κ3) is 4.32. The van der Waals surface area contributed by atoms with Crippen LogP contribution in [0.15, 0.2) is 47.1 Å². The Labute approximate surface area is 186 Å². The molecule has 1 N–H and O–H groups in total. The number of rotatable bonds is 8. The molecule has 0 aliphatic rings. The first-order valence-electron chi connectivity index (χ1n) is 10.8. The van der Waals surface area contributed by atoms with Gasteiger partial charge in [-0.3, -0.25) is 9.20 Å². The van der Waals surface area contributed by atoms with E-state index in [9.17, 15) is 4.79 Å². The van der Waals surface area contributed by atoms with Crippen LogP contribution in [0.5, 0.6) is 0 Å². The van der Waals surface area contributed by atoms with Crippen molar-refractivity contribution in [3.05, 3.63) is 59.8 Å². The maximum atomic E-state index is 12.6. The molecule has 0 spiro atoms. The Morgan fingerprint density at radius 1 is 1.12 bits per heavy atom. The summed E-state index contributed by atoms with van der Waals surface area (Å²) in [6.07, 6.45) is 1.84. The SMILES string of the molecule is CCN(CC)c1ccc(C(=O)NCc2nnc3cc(-c4nc(C(C)C)no4)ccn23)cc1. The molecular formula is C23H27N7O2. The van der Waals surface area contributed by atoms with Gasteiger partial charge in [0, 0.05) is 42.0 Å². The molecule has 0 saturated heterocycles. The molecule has 4 aromatic rings. The molecule has 0 aliphatic heterocycles. The number of hydrogen-bond acceptors (Lipinski definition) is 7. The van der Waals surface area contributed by atoms with Crippen molar-refractivity contribution < 1.29 is 9.32 Å². The standard InChI is InChI=1S/C23H27N7O2/c1-5-29(6-2)18-9-7-16(8-10-18)22(31)24-14-20-27-26-19-13-17(11-12-30(19)20)23-25-21(15(3)4)28-32-23/h7-13,15H,5-6,14H2,1-4H3,(H,24,31). The van der Waals surface area contributed by atoms with Crippen LogP contribution in [0.3, 0.4) is 0 Å². The average Bonchev–Trinajstić information content (AvgIpc) is 3.46. The summed E-state index contributed by atoms with van der Waals surface area (Å²) in [5.41, 5.74) is 3.12. The molecule has 3 aromatic heterocycles. The second-order valence-electron chi connectivity index (χ2n) is 7.77. The molecule has 3 heterocycles. The van der Waals surface area contributed by atoms with Gasteiger partial charge in [0.1, 0.15) is 0 Å². The summed E-state index contributed by atoms with van der Waals surface area (Å²) in [4.78, 5) is 19.2. The summed E-state index contributed by atoms with van der Waals surface area (Å²) in [7, 11) is 0. The van der Waals surface area contributed by atoms with E-state index in [1.54, 1.807) is 0 Å². The number of nitrogens with one attached hydrogen (secondary N) is 1. The van der Waals surface area contributed by atoms with Crippen LogP contribution < -0.4 is 10.2 Å². The Hall–Kier alpha value is -3.75. The lowest BCUT2D eigenvalue weighted by molar-refractivity contribution is 0.0950. The smallest absolute Gasteiger partial charge is 0.258 e. The zero-order valence-electron chi connectivity index (χ0n) is 18.7. The maximum Gasteiger partial charge on any atom is 0.258 e. The highest BCUT2D eigenvalue weighted by molar-refractivity contribution is 5.94. The number of benzene rings is 1. The fourth-order valence-electron chi connectivity index (χ4n) is 3.45. The first kappa shape index (κ1) is 21.5. The quantitative estimate of drug-likeness (QED) is 0.452. The van der Waals surface area contributed by atoms with Crippen molar-refractivity contribution in [1.29, 1.82) is 0 Å². The lowest BCUT2D eigenvalue weighted by Crippen LogP contribution is -2.24. The van der Waals surface area contributed by atoms with Gasteiger partial charge in [0.25, 0.3) is 11.8 Å². The third-order valence-electron chi connectivity index (χ3n) is 5.35. The molecule has 4 rings (SSSR count). The minimum absolute atomic E-state index is 0.156. The summed E-state index contributed by atoms with van der Waals surface area (Å²) in [6.45, 7) is 10.4. The molecule has 0 radical (unpaired) electrons. The number of aromatic nitrogens is 5. The lowest BCUT2D eigenvalue weighted by Gasteiger charge is -2.21. The number of nitrogens with zero attached hydrogens (tertiary/aromatic N) is 6. The van der Waals surface area contributed by atoms with Gasteiger partial charge in [0.2, 0.25) is 0 Å². The molecule has 0 saturated carbocycles. The predicted octanol–water partition coefficient (Wildman–Crippen LogP) is 3.68. The Balaban J connectivity index is 1.44. The Bertz CT molecular complexity index is 1210. The largest absolute Gasteiger partial charge is 0.372 e. The number of amides is 1. The Kier molecular flexibility index (Phi) is 6.16. The van der Waals surface area contributed by atoms with Crippen LogP contribution in [0.25, 0.3) is 17.1 Å². The van der Waals surface area contributed by atoms with Gasteiger partial charge < -0.3 is 14.7 Å². The zero-order chi connectivity index (χ0) is 22.7. The van der Waals surface area contributed by atoms with Crippen molar-refractivity contribution in [2.45, 2.75) is 40.2 Å². The fourth-order valence-corrected chi connectivity index (χ4v) is 3.45. The molecule has 9 nitrogen and oxygen atoms in total. The topological polar surface area (TPSA) is 101 Å². The highest BCUT2D eigenvalue weighted by Gasteiger charge is 2.14. The second-order valence-corrected chi connectivity index (χ2v) is 7.77. The maximum absolute atomic E-state index is 12.6. The van der Waals surface area contributed by atoms with Gasteiger partial charge in [0.15, 0.2) is 17.3 Å². The molecule has 1 amide bonds. The van der Waals surface area contributed by atoms with Crippen molar-refractivity contribution in [1.82, 2.24) is 30.1 Å². The predicted molar refractivity (Wildman–Crippen MR) is 122 cm³/mol. The van der Waals surface area contributed by atoms with Crippen LogP contribution in [0.1, 0.15) is 55.6 Å². The monoisotopic (exact) mass is 433 g/mol. The van der Waals surface area contributed by atoms with Crippen LogP contribution in [0, 0.1) is 0 Å². The second kappa shape index (κ2) is 9.17. The summed E-state index contributed by atoms with van der Waals surface area (Å²) in [5, 5.41) is 15.3. The minimum Gasteiger partial charge on any atom is -0.372 e. The molecule has 0 aliphatic carbocycles. The molecule has 0 atom stereocenters. The van der Waals surface area contributed by atoms with Crippen LogP contribution in [-0.4, -0.2) is 43.7 Å². The zero-order valence-corrected chi connectivity index (χ0v) is 18.7. The van der Waals surface area contributed by atoms with Gasteiger partial charge >= 0.3 is 0 Å². The van der Waals surface area contributed by atoms with E-state index in [0.717, 1.165) is 24.3 Å². The van der Waals surface area contributed by atoms with Crippen LogP contribution >= 0.6 is 0 Å². The van der Waals surface area contributed by atoms with Gasteiger partial charge in [-0.05, 0) is 50.2 Å². The number of anilines is 1. The molecule has 0 fully saturated rings. The third-order valence-corrected chi connectivity index (χ3v) is 5.35. The minimum atomic E-state index is -0.156. The van der Waals surface area contributed by atoms with E-state index in [1.165, 1.54) is 0 Å². The molecule has 9 heteroatoms. The summed E-state index contributed by atoms with van der Waals surface area (Å²) in [6, 6.07) is 11.3. The van der Waals surface area contributed by atoms with Crippen molar-refractivity contribution >= 4 is 17.2 Å². The molecule has 1 aromatic carbocycles. The first-order chi connectivity index (χ1) is 15.5. The van der Waals surface area contributed by atoms with Crippen LogP contribution in [-0.2, 0) is 6.54 Å². The van der Waals surface area contributed by atoms with Crippen LogP contribution in [0.2, 0.25) is 0 Å². The number of carbonyl (C=O) groups excluding carboxylic acids is 1. The van der Waals surface area contributed by atoms with Gasteiger partial charge in [0.05, 0.1) is 6.54 Å². The van der Waals surface area contributed by atoms with E-state index < -0.39 is 0 Å². The molecule has 32 heavy (non-hydrogen) atoms. The van der Waals surface area contributed by atoms with Crippen molar-refractivity contribution in [2.24, 2.45) is 0 Å². The number of pyridine rings is 1. The first-order valence-corrected chi connectivity index (χ1v) is 10.8. The van der Waals surface area contributed by atoms with E-state index in [2.05, 4.69) is 44.4 Å². The van der Waals surface area contributed by atoms with E-state index in [4.69, 9.17) is 4.52 Å². The number of fused-ring (bicyclic) bond motifs is 1. The molecule has 166 valence electrons. The number of carbonyl (C=O) groups is 1. The van der Waals surface area contributed by atoms with E-state index >= 15 is 0 Å². The average molecular weight is 434 g/mol. The van der Waals surface area contributed by atoms with E-state index in [1.807, 2.05) is 60.8 Å². The molecular weight excluding hydrogens is 406 g/mol. The number of hydrogen-bond donors (Lipinski definition) is 1. The molecule has 0 unspecified atom stereocenters. The van der Waals surface area contributed by atoms with E-state index in [-0.39, 0.29) is 18.4 Å². The normalized spacial score (nSPS) is 11.3. The highest BCUT2D eigenvalue weighted by Crippen LogP contribution is 2.21.